The molecule has 2 aliphatic rings. The lowest BCUT2D eigenvalue weighted by molar-refractivity contribution is 0.0227. The van der Waals surface area contributed by atoms with Gasteiger partial charge in [-0.25, -0.2) is 0 Å². The van der Waals surface area contributed by atoms with Crippen molar-refractivity contribution in [2.45, 2.75) is 57.2 Å². The number of piperazine rings is 1. The van der Waals surface area contributed by atoms with Crippen molar-refractivity contribution < 1.29 is 5.11 Å². The average molecular weight is 308 g/mol. The Morgan fingerprint density at radius 3 is 2.76 bits per heavy atom. The Labute approximate surface area is 132 Å². The summed E-state index contributed by atoms with van der Waals surface area (Å²) < 4.78 is 0. The molecule has 1 saturated carbocycles. The molecule has 0 bridgehead atoms. The SMILES string of the molecule is OCCC1CN(C2CCCCC2)CCN1Cc1cccs1. The monoisotopic (exact) mass is 308 g/mol. The first-order valence-electron chi connectivity index (χ1n) is 8.48. The Kier molecular flexibility index (Phi) is 5.69. The topological polar surface area (TPSA) is 26.7 Å². The Bertz CT molecular complexity index is 403. The third-order valence-electron chi connectivity index (χ3n) is 5.13. The summed E-state index contributed by atoms with van der Waals surface area (Å²) in [5.74, 6) is 0. The summed E-state index contributed by atoms with van der Waals surface area (Å²) in [5.41, 5.74) is 0. The van der Waals surface area contributed by atoms with Gasteiger partial charge in [0.25, 0.3) is 0 Å². The standard InChI is InChI=1S/C17H28N2OS/c20-11-8-16-13-18(15-5-2-1-3-6-15)9-10-19(16)14-17-7-4-12-21-17/h4,7,12,15-16,20H,1-3,5-6,8-11,13-14H2. The van der Waals surface area contributed by atoms with Crippen molar-refractivity contribution in [2.24, 2.45) is 0 Å². The Hall–Kier alpha value is -0.420. The molecular weight excluding hydrogens is 280 g/mol. The molecule has 0 amide bonds. The number of aliphatic hydroxyl groups is 1. The first-order chi connectivity index (χ1) is 10.4. The van der Waals surface area contributed by atoms with Crippen molar-refractivity contribution in [3.05, 3.63) is 22.4 Å². The van der Waals surface area contributed by atoms with Crippen LogP contribution in [0.1, 0.15) is 43.4 Å². The van der Waals surface area contributed by atoms with Gasteiger partial charge in [0.15, 0.2) is 0 Å². The number of nitrogens with zero attached hydrogens (tertiary/aromatic N) is 2. The lowest BCUT2D eigenvalue weighted by Crippen LogP contribution is -2.55. The Balaban J connectivity index is 1.59. The lowest BCUT2D eigenvalue weighted by Gasteiger charge is -2.45. The van der Waals surface area contributed by atoms with E-state index < -0.39 is 0 Å². The van der Waals surface area contributed by atoms with Crippen molar-refractivity contribution in [3.8, 4) is 0 Å². The second-order valence-corrected chi connectivity index (χ2v) is 7.53. The van der Waals surface area contributed by atoms with Crippen LogP contribution >= 0.6 is 11.3 Å². The number of hydrogen-bond donors (Lipinski definition) is 1. The van der Waals surface area contributed by atoms with E-state index >= 15 is 0 Å². The third kappa shape index (κ3) is 4.07. The molecule has 2 fully saturated rings. The van der Waals surface area contributed by atoms with Crippen LogP contribution in [0.15, 0.2) is 17.5 Å². The van der Waals surface area contributed by atoms with Crippen LogP contribution < -0.4 is 0 Å². The van der Waals surface area contributed by atoms with E-state index in [-0.39, 0.29) is 0 Å². The Morgan fingerprint density at radius 2 is 2.05 bits per heavy atom. The van der Waals surface area contributed by atoms with Gasteiger partial charge in [0.05, 0.1) is 0 Å². The molecule has 1 saturated heterocycles. The summed E-state index contributed by atoms with van der Waals surface area (Å²) in [6.07, 6.45) is 7.92. The largest absolute Gasteiger partial charge is 0.396 e. The summed E-state index contributed by atoms with van der Waals surface area (Å²) >= 11 is 1.85. The number of hydrogen-bond acceptors (Lipinski definition) is 4. The lowest BCUT2D eigenvalue weighted by atomic mass is 9.93. The molecule has 1 aromatic rings. The maximum atomic E-state index is 9.42. The van der Waals surface area contributed by atoms with E-state index in [2.05, 4.69) is 27.3 Å². The van der Waals surface area contributed by atoms with Crippen LogP contribution in [0, 0.1) is 0 Å². The molecule has 1 aliphatic carbocycles. The zero-order valence-corrected chi connectivity index (χ0v) is 13.7. The first kappa shape index (κ1) is 15.5. The zero-order chi connectivity index (χ0) is 14.5. The molecule has 3 nitrogen and oxygen atoms in total. The van der Waals surface area contributed by atoms with Gasteiger partial charge in [-0.05, 0) is 30.7 Å². The van der Waals surface area contributed by atoms with Crippen LogP contribution in [0.4, 0.5) is 0 Å². The molecule has 0 radical (unpaired) electrons. The maximum Gasteiger partial charge on any atom is 0.0446 e. The zero-order valence-electron chi connectivity index (χ0n) is 12.9. The van der Waals surface area contributed by atoms with Gasteiger partial charge in [0.2, 0.25) is 0 Å². The predicted octanol–water partition coefficient (Wildman–Crippen LogP) is 2.95. The minimum atomic E-state index is 0.310. The van der Waals surface area contributed by atoms with Crippen molar-refractivity contribution in [1.29, 1.82) is 0 Å². The summed E-state index contributed by atoms with van der Waals surface area (Å²) in [6.45, 7) is 4.87. The molecule has 21 heavy (non-hydrogen) atoms. The molecule has 1 aromatic heterocycles. The summed E-state index contributed by atoms with van der Waals surface area (Å²) in [6, 6.07) is 5.70. The number of aliphatic hydroxyl groups excluding tert-OH is 1. The van der Waals surface area contributed by atoms with Crippen molar-refractivity contribution in [1.82, 2.24) is 9.80 Å². The van der Waals surface area contributed by atoms with Gasteiger partial charge in [0, 0.05) is 49.7 Å². The second kappa shape index (κ2) is 7.73. The summed E-state index contributed by atoms with van der Waals surface area (Å²) in [5, 5.41) is 11.6. The first-order valence-corrected chi connectivity index (χ1v) is 9.36. The van der Waals surface area contributed by atoms with Gasteiger partial charge in [-0.3, -0.25) is 9.80 Å². The van der Waals surface area contributed by atoms with Crippen LogP contribution in [-0.4, -0.2) is 53.2 Å². The Morgan fingerprint density at radius 1 is 1.19 bits per heavy atom. The third-order valence-corrected chi connectivity index (χ3v) is 5.99. The molecule has 1 aliphatic heterocycles. The summed E-state index contributed by atoms with van der Waals surface area (Å²) in [7, 11) is 0. The van der Waals surface area contributed by atoms with E-state index in [0.717, 1.165) is 32.1 Å². The van der Waals surface area contributed by atoms with Crippen LogP contribution in [0.25, 0.3) is 0 Å². The van der Waals surface area contributed by atoms with Gasteiger partial charge < -0.3 is 5.11 Å². The highest BCUT2D eigenvalue weighted by molar-refractivity contribution is 7.09. The minimum Gasteiger partial charge on any atom is -0.396 e. The van der Waals surface area contributed by atoms with Crippen molar-refractivity contribution in [3.63, 3.8) is 0 Å². The molecule has 0 aromatic carbocycles. The predicted molar refractivity (Wildman–Crippen MR) is 88.7 cm³/mol. The van der Waals surface area contributed by atoms with Crippen LogP contribution in [0.2, 0.25) is 0 Å². The van der Waals surface area contributed by atoms with E-state index in [1.807, 2.05) is 11.3 Å². The highest BCUT2D eigenvalue weighted by Gasteiger charge is 2.31. The minimum absolute atomic E-state index is 0.310. The van der Waals surface area contributed by atoms with Gasteiger partial charge >= 0.3 is 0 Å². The quantitative estimate of drug-likeness (QED) is 0.906. The average Bonchev–Trinajstić information content (AvgIpc) is 3.03. The molecule has 1 N–H and O–H groups in total. The fourth-order valence-corrected chi connectivity index (χ4v) is 4.66. The van der Waals surface area contributed by atoms with Crippen molar-refractivity contribution >= 4 is 11.3 Å². The van der Waals surface area contributed by atoms with Crippen LogP contribution in [0.3, 0.4) is 0 Å². The van der Waals surface area contributed by atoms with E-state index in [1.165, 1.54) is 43.5 Å². The van der Waals surface area contributed by atoms with E-state index in [1.54, 1.807) is 0 Å². The maximum absolute atomic E-state index is 9.42. The van der Waals surface area contributed by atoms with Gasteiger partial charge in [-0.2, -0.15) is 0 Å². The van der Waals surface area contributed by atoms with Crippen molar-refractivity contribution in [2.75, 3.05) is 26.2 Å². The van der Waals surface area contributed by atoms with Gasteiger partial charge in [0.1, 0.15) is 0 Å². The molecule has 2 heterocycles. The molecule has 0 spiro atoms. The highest BCUT2D eigenvalue weighted by atomic mass is 32.1. The number of thiophene rings is 1. The van der Waals surface area contributed by atoms with E-state index in [9.17, 15) is 5.11 Å². The van der Waals surface area contributed by atoms with E-state index in [0.29, 0.717) is 12.6 Å². The number of rotatable bonds is 5. The van der Waals surface area contributed by atoms with Gasteiger partial charge in [-0.15, -0.1) is 11.3 Å². The molecule has 3 rings (SSSR count). The second-order valence-electron chi connectivity index (χ2n) is 6.50. The molecular formula is C17H28N2OS. The smallest absolute Gasteiger partial charge is 0.0446 e. The highest BCUT2D eigenvalue weighted by Crippen LogP contribution is 2.26. The van der Waals surface area contributed by atoms with Crippen LogP contribution in [0.5, 0.6) is 0 Å². The molecule has 118 valence electrons. The van der Waals surface area contributed by atoms with Gasteiger partial charge in [-0.1, -0.05) is 25.3 Å². The summed E-state index contributed by atoms with van der Waals surface area (Å²) in [4.78, 5) is 6.75. The van der Waals surface area contributed by atoms with Crippen LogP contribution in [-0.2, 0) is 6.54 Å². The normalized spacial score (nSPS) is 26.2. The van der Waals surface area contributed by atoms with E-state index in [4.69, 9.17) is 0 Å². The molecule has 1 atom stereocenters. The molecule has 1 unspecified atom stereocenters. The fourth-order valence-electron chi connectivity index (χ4n) is 3.93. The fraction of sp³-hybridized carbons (Fsp3) is 0.765. The molecule has 4 heteroatoms.